The van der Waals surface area contributed by atoms with E-state index in [-0.39, 0.29) is 11.9 Å². The zero-order valence-corrected chi connectivity index (χ0v) is 11.7. The number of piperazine rings is 1. The third-order valence-corrected chi connectivity index (χ3v) is 4.25. The number of aromatic nitrogens is 2. The molecule has 2 saturated heterocycles. The molecule has 3 heterocycles. The van der Waals surface area contributed by atoms with E-state index in [1.165, 1.54) is 12.8 Å². The molecule has 0 radical (unpaired) electrons. The Hall–Kier alpha value is -1.20. The first-order chi connectivity index (χ1) is 9.15. The number of rotatable bonds is 1. The third-order valence-electron chi connectivity index (χ3n) is 4.05. The summed E-state index contributed by atoms with van der Waals surface area (Å²) < 4.78 is 0. The molecule has 2 atom stereocenters. The molecule has 0 bridgehead atoms. The number of fused-ring (bicyclic) bond motifs is 1. The molecule has 2 fully saturated rings. The minimum absolute atomic E-state index is 0.0387. The van der Waals surface area contributed by atoms with Crippen LogP contribution in [-0.2, 0) is 0 Å². The normalized spacial score (nSPS) is 27.4. The lowest BCUT2D eigenvalue weighted by Crippen LogP contribution is -2.56. The van der Waals surface area contributed by atoms with Crippen molar-refractivity contribution in [2.45, 2.75) is 31.8 Å². The summed E-state index contributed by atoms with van der Waals surface area (Å²) in [5.74, 6) is -0.0387. The van der Waals surface area contributed by atoms with Crippen LogP contribution >= 0.6 is 11.6 Å². The topological polar surface area (TPSA) is 49.3 Å². The van der Waals surface area contributed by atoms with Crippen LogP contribution in [-0.4, -0.2) is 57.6 Å². The minimum atomic E-state index is -0.0387. The van der Waals surface area contributed by atoms with Crippen molar-refractivity contribution in [3.63, 3.8) is 0 Å². The summed E-state index contributed by atoms with van der Waals surface area (Å²) in [6.07, 6.45) is 2.42. The van der Waals surface area contributed by atoms with Gasteiger partial charge in [0, 0.05) is 25.2 Å². The Bertz CT molecular complexity index is 478. The quantitative estimate of drug-likeness (QED) is 0.781. The summed E-state index contributed by atoms with van der Waals surface area (Å²) in [5, 5.41) is 7.94. The van der Waals surface area contributed by atoms with E-state index >= 15 is 0 Å². The summed E-state index contributed by atoms with van der Waals surface area (Å²) in [7, 11) is 0. The molecule has 2 unspecified atom stereocenters. The Morgan fingerprint density at radius 2 is 2.21 bits per heavy atom. The highest BCUT2D eigenvalue weighted by molar-refractivity contribution is 6.29. The molecule has 1 amide bonds. The molecule has 2 aliphatic rings. The predicted octanol–water partition coefficient (Wildman–Crippen LogP) is 1.44. The smallest absolute Gasteiger partial charge is 0.274 e. The van der Waals surface area contributed by atoms with Crippen LogP contribution in [0.2, 0.25) is 5.15 Å². The molecule has 1 aromatic heterocycles. The van der Waals surface area contributed by atoms with Crippen molar-refractivity contribution in [2.75, 3.05) is 19.6 Å². The second kappa shape index (κ2) is 5.06. The molecule has 0 saturated carbocycles. The molecule has 19 heavy (non-hydrogen) atoms. The van der Waals surface area contributed by atoms with Crippen LogP contribution in [0.1, 0.15) is 30.3 Å². The molecule has 3 rings (SSSR count). The zero-order valence-electron chi connectivity index (χ0n) is 10.9. The van der Waals surface area contributed by atoms with Gasteiger partial charge in [-0.15, -0.1) is 10.2 Å². The summed E-state index contributed by atoms with van der Waals surface area (Å²) in [6.45, 7) is 5.01. The molecule has 1 aromatic rings. The lowest BCUT2D eigenvalue weighted by atomic mass is 10.1. The fourth-order valence-electron chi connectivity index (χ4n) is 3.05. The van der Waals surface area contributed by atoms with Gasteiger partial charge in [-0.2, -0.15) is 0 Å². The van der Waals surface area contributed by atoms with E-state index in [0.29, 0.717) is 16.9 Å². The number of halogens is 1. The summed E-state index contributed by atoms with van der Waals surface area (Å²) in [4.78, 5) is 16.9. The van der Waals surface area contributed by atoms with Gasteiger partial charge in [0.1, 0.15) is 0 Å². The Kier molecular flexibility index (Phi) is 3.41. The minimum Gasteiger partial charge on any atom is -0.332 e. The van der Waals surface area contributed by atoms with Crippen molar-refractivity contribution in [1.82, 2.24) is 20.0 Å². The molecule has 0 spiro atoms. The number of hydrogen-bond acceptors (Lipinski definition) is 4. The lowest BCUT2D eigenvalue weighted by molar-refractivity contribution is 0.0389. The number of carbonyl (C=O) groups excluding carboxylic acids is 1. The monoisotopic (exact) mass is 280 g/mol. The maximum atomic E-state index is 12.5. The number of amides is 1. The molecule has 5 nitrogen and oxygen atoms in total. The van der Waals surface area contributed by atoms with Crippen molar-refractivity contribution in [3.05, 3.63) is 23.0 Å². The summed E-state index contributed by atoms with van der Waals surface area (Å²) >= 11 is 5.70. The van der Waals surface area contributed by atoms with Crippen molar-refractivity contribution in [3.8, 4) is 0 Å². The van der Waals surface area contributed by atoms with Crippen molar-refractivity contribution in [1.29, 1.82) is 0 Å². The maximum absolute atomic E-state index is 12.5. The lowest BCUT2D eigenvalue weighted by Gasteiger charge is -2.42. The molecule has 0 aromatic carbocycles. The highest BCUT2D eigenvalue weighted by atomic mass is 35.5. The van der Waals surface area contributed by atoms with Gasteiger partial charge < -0.3 is 4.90 Å². The standard InChI is InChI=1S/C13H17ClN4O/c1-9-7-17-6-2-3-10(17)8-18(9)13(19)11-4-5-12(14)16-15-11/h4-5,9-10H,2-3,6-8H2,1H3. The van der Waals surface area contributed by atoms with Gasteiger partial charge in [0.25, 0.3) is 5.91 Å². The van der Waals surface area contributed by atoms with E-state index in [1.54, 1.807) is 12.1 Å². The van der Waals surface area contributed by atoms with Gasteiger partial charge in [0.15, 0.2) is 10.8 Å². The molecule has 0 N–H and O–H groups in total. The van der Waals surface area contributed by atoms with E-state index in [4.69, 9.17) is 11.6 Å². The first-order valence-corrected chi connectivity index (χ1v) is 7.07. The first kappa shape index (κ1) is 12.8. The van der Waals surface area contributed by atoms with Crippen LogP contribution in [0.3, 0.4) is 0 Å². The van der Waals surface area contributed by atoms with Crippen molar-refractivity contribution in [2.24, 2.45) is 0 Å². The molecular formula is C13H17ClN4O. The van der Waals surface area contributed by atoms with Gasteiger partial charge in [-0.1, -0.05) is 11.6 Å². The van der Waals surface area contributed by atoms with Gasteiger partial charge in [0.2, 0.25) is 0 Å². The largest absolute Gasteiger partial charge is 0.332 e. The molecule has 102 valence electrons. The zero-order chi connectivity index (χ0) is 13.4. The number of hydrogen-bond donors (Lipinski definition) is 0. The van der Waals surface area contributed by atoms with E-state index in [2.05, 4.69) is 22.0 Å². The second-order valence-corrected chi connectivity index (χ2v) is 5.73. The fraction of sp³-hybridized carbons (Fsp3) is 0.615. The Morgan fingerprint density at radius 1 is 1.37 bits per heavy atom. The SMILES string of the molecule is CC1CN2CCCC2CN1C(=O)c1ccc(Cl)nn1. The van der Waals surface area contributed by atoms with Crippen LogP contribution in [0.15, 0.2) is 12.1 Å². The van der Waals surface area contributed by atoms with E-state index in [0.717, 1.165) is 19.6 Å². The fourth-order valence-corrected chi connectivity index (χ4v) is 3.15. The maximum Gasteiger partial charge on any atom is 0.274 e. The van der Waals surface area contributed by atoms with E-state index in [9.17, 15) is 4.79 Å². The highest BCUT2D eigenvalue weighted by Gasteiger charge is 2.37. The highest BCUT2D eigenvalue weighted by Crippen LogP contribution is 2.25. The van der Waals surface area contributed by atoms with Crippen molar-refractivity contribution < 1.29 is 4.79 Å². The van der Waals surface area contributed by atoms with Gasteiger partial charge in [0.05, 0.1) is 0 Å². The average molecular weight is 281 g/mol. The molecule has 0 aliphatic carbocycles. The Balaban J connectivity index is 1.77. The molecular weight excluding hydrogens is 264 g/mol. The average Bonchev–Trinajstić information content (AvgIpc) is 2.85. The third kappa shape index (κ3) is 2.44. The van der Waals surface area contributed by atoms with E-state index < -0.39 is 0 Å². The van der Waals surface area contributed by atoms with Gasteiger partial charge >= 0.3 is 0 Å². The molecule has 6 heteroatoms. The predicted molar refractivity (Wildman–Crippen MR) is 72.1 cm³/mol. The van der Waals surface area contributed by atoms with Crippen LogP contribution in [0.4, 0.5) is 0 Å². The first-order valence-electron chi connectivity index (χ1n) is 6.69. The molecule has 2 aliphatic heterocycles. The van der Waals surface area contributed by atoms with Crippen LogP contribution in [0.5, 0.6) is 0 Å². The summed E-state index contributed by atoms with van der Waals surface area (Å²) in [6, 6.07) is 3.99. The van der Waals surface area contributed by atoms with Gasteiger partial charge in [-0.05, 0) is 38.4 Å². The Labute approximate surface area is 117 Å². The second-order valence-electron chi connectivity index (χ2n) is 5.34. The summed E-state index contributed by atoms with van der Waals surface area (Å²) in [5.41, 5.74) is 0.377. The van der Waals surface area contributed by atoms with Crippen LogP contribution < -0.4 is 0 Å². The van der Waals surface area contributed by atoms with Gasteiger partial charge in [-0.3, -0.25) is 9.69 Å². The number of nitrogens with zero attached hydrogens (tertiary/aromatic N) is 4. The van der Waals surface area contributed by atoms with Crippen LogP contribution in [0.25, 0.3) is 0 Å². The Morgan fingerprint density at radius 3 is 2.95 bits per heavy atom. The van der Waals surface area contributed by atoms with E-state index in [1.807, 2.05) is 4.90 Å². The van der Waals surface area contributed by atoms with Gasteiger partial charge in [-0.25, -0.2) is 0 Å². The number of carbonyl (C=O) groups is 1. The van der Waals surface area contributed by atoms with Crippen LogP contribution in [0, 0.1) is 0 Å². The van der Waals surface area contributed by atoms with Crippen molar-refractivity contribution >= 4 is 17.5 Å².